The SMILES string of the molecule is O=C([O-])COc1ccccc1/C=N\Nc1ncnc2sc3c(c12)CCC3. The summed E-state index contributed by atoms with van der Waals surface area (Å²) in [5.41, 5.74) is 4.96. The van der Waals surface area contributed by atoms with Crippen molar-refractivity contribution in [3.63, 3.8) is 0 Å². The van der Waals surface area contributed by atoms with Gasteiger partial charge in [-0.3, -0.25) is 5.43 Å². The number of ether oxygens (including phenoxy) is 1. The van der Waals surface area contributed by atoms with E-state index in [1.807, 2.05) is 6.07 Å². The predicted molar refractivity (Wildman–Crippen MR) is 97.6 cm³/mol. The maximum absolute atomic E-state index is 10.6. The van der Waals surface area contributed by atoms with Gasteiger partial charge in [-0.15, -0.1) is 11.3 Å². The Balaban J connectivity index is 1.57. The first-order valence-corrected chi connectivity index (χ1v) is 9.00. The van der Waals surface area contributed by atoms with E-state index in [1.54, 1.807) is 35.8 Å². The summed E-state index contributed by atoms with van der Waals surface area (Å²) in [6.45, 7) is -0.508. The molecule has 8 heteroatoms. The molecular formula is C18H15N4O3S-. The molecule has 4 rings (SSSR count). The molecule has 26 heavy (non-hydrogen) atoms. The van der Waals surface area contributed by atoms with Crippen LogP contribution in [0.15, 0.2) is 35.7 Å². The molecule has 3 aromatic rings. The van der Waals surface area contributed by atoms with Crippen molar-refractivity contribution in [2.45, 2.75) is 19.3 Å². The van der Waals surface area contributed by atoms with Gasteiger partial charge >= 0.3 is 0 Å². The van der Waals surface area contributed by atoms with Crippen molar-refractivity contribution < 1.29 is 14.6 Å². The first-order valence-electron chi connectivity index (χ1n) is 8.18. The highest BCUT2D eigenvalue weighted by atomic mass is 32.1. The number of aromatic nitrogens is 2. The summed E-state index contributed by atoms with van der Waals surface area (Å²) in [6.07, 6.45) is 6.41. The first-order chi connectivity index (χ1) is 12.7. The van der Waals surface area contributed by atoms with Crippen LogP contribution in [0.4, 0.5) is 5.82 Å². The number of fused-ring (bicyclic) bond motifs is 3. The van der Waals surface area contributed by atoms with Gasteiger partial charge in [-0.2, -0.15) is 5.10 Å². The van der Waals surface area contributed by atoms with Gasteiger partial charge in [0.25, 0.3) is 0 Å². The smallest absolute Gasteiger partial charge is 0.158 e. The van der Waals surface area contributed by atoms with Gasteiger partial charge in [-0.05, 0) is 37.0 Å². The van der Waals surface area contributed by atoms with Crippen LogP contribution in [0.5, 0.6) is 5.75 Å². The topological polar surface area (TPSA) is 99.5 Å². The molecule has 1 aliphatic rings. The minimum absolute atomic E-state index is 0.423. The molecule has 0 saturated carbocycles. The van der Waals surface area contributed by atoms with Crippen molar-refractivity contribution in [1.82, 2.24) is 9.97 Å². The van der Waals surface area contributed by atoms with E-state index in [9.17, 15) is 9.90 Å². The Bertz CT molecular complexity index is 999. The Morgan fingerprint density at radius 1 is 1.35 bits per heavy atom. The number of thiophene rings is 1. The van der Waals surface area contributed by atoms with Crippen LogP contribution < -0.4 is 15.3 Å². The third kappa shape index (κ3) is 3.23. The summed E-state index contributed by atoms with van der Waals surface area (Å²) >= 11 is 1.72. The van der Waals surface area contributed by atoms with Crippen LogP contribution in [-0.4, -0.2) is 28.8 Å². The average molecular weight is 367 g/mol. The second-order valence-electron chi connectivity index (χ2n) is 5.83. The van der Waals surface area contributed by atoms with Crippen LogP contribution in [-0.2, 0) is 17.6 Å². The Morgan fingerprint density at radius 3 is 3.12 bits per heavy atom. The average Bonchev–Trinajstić information content (AvgIpc) is 3.22. The lowest BCUT2D eigenvalue weighted by atomic mass is 10.2. The molecule has 0 atom stereocenters. The van der Waals surface area contributed by atoms with Gasteiger partial charge in [0.1, 0.15) is 23.5 Å². The predicted octanol–water partition coefficient (Wildman–Crippen LogP) is 1.75. The fourth-order valence-corrected chi connectivity index (χ4v) is 4.26. The number of anilines is 1. The molecule has 0 fully saturated rings. The van der Waals surface area contributed by atoms with Crippen molar-refractivity contribution in [3.8, 4) is 5.75 Å². The zero-order valence-electron chi connectivity index (χ0n) is 13.8. The van der Waals surface area contributed by atoms with Gasteiger partial charge < -0.3 is 14.6 Å². The lowest BCUT2D eigenvalue weighted by Gasteiger charge is -2.09. The number of benzene rings is 1. The summed E-state index contributed by atoms with van der Waals surface area (Å²) < 4.78 is 5.21. The van der Waals surface area contributed by atoms with Crippen LogP contribution in [0.25, 0.3) is 10.2 Å². The van der Waals surface area contributed by atoms with Gasteiger partial charge in [0.05, 0.1) is 17.6 Å². The fourth-order valence-electron chi connectivity index (χ4n) is 3.03. The summed E-state index contributed by atoms with van der Waals surface area (Å²) in [5, 5.41) is 15.9. The largest absolute Gasteiger partial charge is 0.546 e. The molecule has 2 heterocycles. The Hall–Kier alpha value is -3.00. The van der Waals surface area contributed by atoms with Crippen LogP contribution >= 0.6 is 11.3 Å². The minimum atomic E-state index is -1.27. The molecule has 0 saturated heterocycles. The molecule has 0 aliphatic heterocycles. The maximum atomic E-state index is 10.6. The maximum Gasteiger partial charge on any atom is 0.158 e. The van der Waals surface area contributed by atoms with E-state index in [2.05, 4.69) is 20.5 Å². The number of hydrogen-bond acceptors (Lipinski definition) is 8. The van der Waals surface area contributed by atoms with Crippen LogP contribution in [0.2, 0.25) is 0 Å². The molecule has 7 nitrogen and oxygen atoms in total. The van der Waals surface area contributed by atoms with E-state index in [0.717, 1.165) is 29.5 Å². The molecule has 1 aromatic carbocycles. The summed E-state index contributed by atoms with van der Waals surface area (Å²) in [7, 11) is 0. The van der Waals surface area contributed by atoms with Gasteiger partial charge in [-0.1, -0.05) is 12.1 Å². The number of carboxylic acids is 1. The lowest BCUT2D eigenvalue weighted by molar-refractivity contribution is -0.307. The number of aryl methyl sites for hydroxylation is 2. The summed E-state index contributed by atoms with van der Waals surface area (Å²) in [5.74, 6) is -0.171. The number of hydrogen-bond donors (Lipinski definition) is 1. The van der Waals surface area contributed by atoms with Crippen molar-refractivity contribution >= 4 is 39.6 Å². The molecular weight excluding hydrogens is 352 g/mol. The highest BCUT2D eigenvalue weighted by molar-refractivity contribution is 7.19. The van der Waals surface area contributed by atoms with E-state index < -0.39 is 12.6 Å². The Morgan fingerprint density at radius 2 is 2.23 bits per heavy atom. The molecule has 1 N–H and O–H groups in total. The number of hydrazone groups is 1. The van der Waals surface area contributed by atoms with E-state index in [1.165, 1.54) is 16.8 Å². The van der Waals surface area contributed by atoms with Gasteiger partial charge in [0.15, 0.2) is 5.82 Å². The van der Waals surface area contributed by atoms with E-state index in [-0.39, 0.29) is 0 Å². The highest BCUT2D eigenvalue weighted by Gasteiger charge is 2.20. The first kappa shape index (κ1) is 16.5. The number of rotatable bonds is 6. The molecule has 2 aromatic heterocycles. The highest BCUT2D eigenvalue weighted by Crippen LogP contribution is 2.38. The minimum Gasteiger partial charge on any atom is -0.546 e. The van der Waals surface area contributed by atoms with E-state index in [4.69, 9.17) is 4.74 Å². The van der Waals surface area contributed by atoms with Crippen LogP contribution in [0.1, 0.15) is 22.4 Å². The Kier molecular flexibility index (Phi) is 4.49. The van der Waals surface area contributed by atoms with E-state index >= 15 is 0 Å². The van der Waals surface area contributed by atoms with E-state index in [0.29, 0.717) is 17.1 Å². The lowest BCUT2D eigenvalue weighted by Crippen LogP contribution is -2.29. The molecule has 132 valence electrons. The molecule has 0 radical (unpaired) electrons. The second-order valence-corrected chi connectivity index (χ2v) is 6.91. The van der Waals surface area contributed by atoms with Gasteiger partial charge in [0.2, 0.25) is 0 Å². The molecule has 1 aliphatic carbocycles. The monoisotopic (exact) mass is 367 g/mol. The van der Waals surface area contributed by atoms with Crippen molar-refractivity contribution in [1.29, 1.82) is 0 Å². The number of nitrogens with zero attached hydrogens (tertiary/aromatic N) is 3. The molecule has 0 bridgehead atoms. The Labute approximate surface area is 153 Å². The molecule has 0 spiro atoms. The van der Waals surface area contributed by atoms with Crippen molar-refractivity contribution in [2.24, 2.45) is 5.10 Å². The summed E-state index contributed by atoms with van der Waals surface area (Å²) in [6, 6.07) is 7.05. The third-order valence-electron chi connectivity index (χ3n) is 4.14. The van der Waals surface area contributed by atoms with Gasteiger partial charge in [-0.25, -0.2) is 9.97 Å². The molecule has 0 amide bonds. The van der Waals surface area contributed by atoms with Crippen LogP contribution in [0.3, 0.4) is 0 Å². The number of nitrogens with one attached hydrogen (secondary N) is 1. The standard InChI is InChI=1S/C18H16N4O3S/c23-15(24)9-25-13-6-2-1-4-11(13)8-21-22-17-16-12-5-3-7-14(12)26-18(16)20-10-19-17/h1-2,4,6,8,10H,3,5,7,9H2,(H,23,24)(H,19,20,22)/p-1/b21-8-. The van der Waals surface area contributed by atoms with Gasteiger partial charge in [0, 0.05) is 10.4 Å². The quantitative estimate of drug-likeness (QED) is 0.526. The number of carboxylic acid groups (broad SMARTS) is 1. The number of carbonyl (C=O) groups excluding carboxylic acids is 1. The summed E-state index contributed by atoms with van der Waals surface area (Å²) in [4.78, 5) is 21.6. The number of para-hydroxylation sites is 1. The van der Waals surface area contributed by atoms with Crippen molar-refractivity contribution in [2.75, 3.05) is 12.0 Å². The van der Waals surface area contributed by atoms with Crippen LogP contribution in [0, 0.1) is 0 Å². The molecule has 0 unspecified atom stereocenters. The van der Waals surface area contributed by atoms with Crippen molar-refractivity contribution in [3.05, 3.63) is 46.6 Å². The number of aliphatic carboxylic acids is 1. The zero-order chi connectivity index (χ0) is 17.9. The third-order valence-corrected chi connectivity index (χ3v) is 5.34. The second kappa shape index (κ2) is 7.09. The fraction of sp³-hybridized carbons (Fsp3) is 0.222. The normalized spacial score (nSPS) is 13.2. The number of carbonyl (C=O) groups is 1. The zero-order valence-corrected chi connectivity index (χ0v) is 14.6.